The third kappa shape index (κ3) is 11.8. The SMILES string of the molecule is CCCCCCCCCCCC#CC#C[C@@H](OC(C)=O)[C@@H]1COC(C)(C)N1C(=O)OC(C)(C)C. The van der Waals surface area contributed by atoms with Gasteiger partial charge in [-0.2, -0.15) is 0 Å². The van der Waals surface area contributed by atoms with Crippen molar-refractivity contribution in [3.63, 3.8) is 0 Å². The zero-order valence-electron chi connectivity index (χ0n) is 22.4. The molecule has 0 radical (unpaired) electrons. The van der Waals surface area contributed by atoms with Crippen molar-refractivity contribution >= 4 is 12.1 Å². The molecule has 1 fully saturated rings. The Kier molecular flexibility index (Phi) is 13.1. The molecule has 0 aromatic rings. The maximum absolute atomic E-state index is 12.9. The van der Waals surface area contributed by atoms with Crippen LogP contribution < -0.4 is 0 Å². The largest absolute Gasteiger partial charge is 0.447 e. The lowest BCUT2D eigenvalue weighted by Gasteiger charge is -2.36. The summed E-state index contributed by atoms with van der Waals surface area (Å²) >= 11 is 0. The predicted octanol–water partition coefficient (Wildman–Crippen LogP) is 6.22. The molecule has 0 N–H and O–H groups in total. The number of unbranched alkanes of at least 4 members (excludes halogenated alkanes) is 9. The lowest BCUT2D eigenvalue weighted by Crippen LogP contribution is -2.53. The Morgan fingerprint density at radius 2 is 1.62 bits per heavy atom. The van der Waals surface area contributed by atoms with E-state index < -0.39 is 35.5 Å². The van der Waals surface area contributed by atoms with Crippen LogP contribution in [0.25, 0.3) is 0 Å². The van der Waals surface area contributed by atoms with Crippen molar-refractivity contribution in [2.45, 2.75) is 136 Å². The van der Waals surface area contributed by atoms with Crippen LogP contribution in [0.1, 0.15) is 113 Å². The molecule has 192 valence electrons. The molecule has 0 aromatic carbocycles. The number of carbonyl (C=O) groups is 2. The van der Waals surface area contributed by atoms with Crippen molar-refractivity contribution < 1.29 is 23.8 Å². The van der Waals surface area contributed by atoms with Crippen molar-refractivity contribution in [2.24, 2.45) is 0 Å². The standard InChI is InChI=1S/C28H45NO5/c1-8-9-10-11-12-13-14-15-16-17-18-19-20-21-25(33-23(2)30)24-22-32-28(6,7)29(24)26(31)34-27(3,4)5/h24-25H,8-17,22H2,1-7H3/t24-,25+/m0/s1. The molecule has 0 aromatic heterocycles. The van der Waals surface area contributed by atoms with Gasteiger partial charge >= 0.3 is 12.1 Å². The number of nitrogens with zero attached hydrogens (tertiary/aromatic N) is 1. The van der Waals surface area contributed by atoms with Crippen LogP contribution in [0.3, 0.4) is 0 Å². The van der Waals surface area contributed by atoms with Gasteiger partial charge < -0.3 is 14.2 Å². The smallest absolute Gasteiger partial charge is 0.413 e. The summed E-state index contributed by atoms with van der Waals surface area (Å²) in [5, 5.41) is 0. The lowest BCUT2D eigenvalue weighted by atomic mass is 10.1. The highest BCUT2D eigenvalue weighted by atomic mass is 16.6. The fourth-order valence-corrected chi connectivity index (χ4v) is 3.84. The molecular formula is C28H45NO5. The average Bonchev–Trinajstić information content (AvgIpc) is 3.04. The molecule has 6 heteroatoms. The number of rotatable bonds is 11. The Morgan fingerprint density at radius 1 is 1.03 bits per heavy atom. The van der Waals surface area contributed by atoms with Gasteiger partial charge in [0.1, 0.15) is 17.4 Å². The number of esters is 1. The van der Waals surface area contributed by atoms with Crippen LogP contribution in [0.5, 0.6) is 0 Å². The van der Waals surface area contributed by atoms with E-state index in [1.807, 2.05) is 0 Å². The number of hydrogen-bond donors (Lipinski definition) is 0. The van der Waals surface area contributed by atoms with Crippen LogP contribution in [0, 0.1) is 23.7 Å². The first-order valence-electron chi connectivity index (χ1n) is 12.8. The van der Waals surface area contributed by atoms with E-state index in [2.05, 4.69) is 30.6 Å². The summed E-state index contributed by atoms with van der Waals surface area (Å²) < 4.78 is 16.8. The maximum atomic E-state index is 12.9. The molecule has 1 aliphatic heterocycles. The summed E-state index contributed by atoms with van der Waals surface area (Å²) in [5.41, 5.74) is -1.57. The molecule has 1 rings (SSSR count). The number of hydrogen-bond acceptors (Lipinski definition) is 5. The molecule has 34 heavy (non-hydrogen) atoms. The monoisotopic (exact) mass is 475 g/mol. The van der Waals surface area contributed by atoms with E-state index in [1.54, 1.807) is 34.6 Å². The van der Waals surface area contributed by atoms with E-state index in [-0.39, 0.29) is 6.61 Å². The van der Waals surface area contributed by atoms with Gasteiger partial charge in [0.2, 0.25) is 0 Å². The Bertz CT molecular complexity index is 760. The van der Waals surface area contributed by atoms with Gasteiger partial charge in [-0.3, -0.25) is 9.69 Å². The van der Waals surface area contributed by atoms with E-state index >= 15 is 0 Å². The first-order valence-corrected chi connectivity index (χ1v) is 12.8. The summed E-state index contributed by atoms with van der Waals surface area (Å²) in [7, 11) is 0. The van der Waals surface area contributed by atoms with Crippen molar-refractivity contribution in [1.82, 2.24) is 4.90 Å². The number of carbonyl (C=O) groups excluding carboxylic acids is 2. The minimum atomic E-state index is -0.908. The van der Waals surface area contributed by atoms with Gasteiger partial charge in [0.15, 0.2) is 6.10 Å². The molecule has 1 amide bonds. The minimum Gasteiger partial charge on any atom is -0.447 e. The number of amides is 1. The molecule has 1 saturated heterocycles. The molecule has 0 saturated carbocycles. The highest BCUT2D eigenvalue weighted by Crippen LogP contribution is 2.31. The van der Waals surface area contributed by atoms with Gasteiger partial charge in [-0.25, -0.2) is 4.79 Å². The van der Waals surface area contributed by atoms with Crippen LogP contribution >= 0.6 is 0 Å². The Morgan fingerprint density at radius 3 is 2.18 bits per heavy atom. The van der Waals surface area contributed by atoms with Gasteiger partial charge in [-0.05, 0) is 58.8 Å². The molecular weight excluding hydrogens is 430 g/mol. The average molecular weight is 476 g/mol. The molecule has 0 bridgehead atoms. The summed E-state index contributed by atoms with van der Waals surface area (Å²) in [4.78, 5) is 26.1. The third-order valence-corrected chi connectivity index (χ3v) is 5.52. The van der Waals surface area contributed by atoms with Crippen molar-refractivity contribution in [3.05, 3.63) is 0 Å². The Balaban J connectivity index is 2.64. The molecule has 1 heterocycles. The first-order chi connectivity index (χ1) is 16.0. The topological polar surface area (TPSA) is 65.1 Å². The highest BCUT2D eigenvalue weighted by Gasteiger charge is 2.49. The first kappa shape index (κ1) is 29.9. The van der Waals surface area contributed by atoms with E-state index in [0.29, 0.717) is 0 Å². The fourth-order valence-electron chi connectivity index (χ4n) is 3.84. The normalized spacial score (nSPS) is 17.7. The van der Waals surface area contributed by atoms with E-state index in [0.717, 1.165) is 12.8 Å². The van der Waals surface area contributed by atoms with Crippen molar-refractivity contribution in [2.75, 3.05) is 6.61 Å². The van der Waals surface area contributed by atoms with Crippen LogP contribution in [0.2, 0.25) is 0 Å². The molecule has 2 atom stereocenters. The van der Waals surface area contributed by atoms with Gasteiger partial charge in [0.25, 0.3) is 0 Å². The summed E-state index contributed by atoms with van der Waals surface area (Å²) in [6.45, 7) is 12.7. The van der Waals surface area contributed by atoms with Crippen LogP contribution in [0.15, 0.2) is 0 Å². The van der Waals surface area contributed by atoms with Crippen molar-refractivity contribution in [1.29, 1.82) is 0 Å². The van der Waals surface area contributed by atoms with E-state index in [1.165, 1.54) is 63.2 Å². The van der Waals surface area contributed by atoms with E-state index in [9.17, 15) is 9.59 Å². The van der Waals surface area contributed by atoms with Crippen molar-refractivity contribution in [3.8, 4) is 23.7 Å². The van der Waals surface area contributed by atoms with Gasteiger partial charge in [-0.15, -0.1) is 0 Å². The molecule has 1 aliphatic rings. The second-order valence-electron chi connectivity index (χ2n) is 10.4. The van der Waals surface area contributed by atoms with E-state index in [4.69, 9.17) is 14.2 Å². The Labute approximate surface area is 207 Å². The second kappa shape index (κ2) is 14.9. The van der Waals surface area contributed by atoms with Crippen LogP contribution in [0.4, 0.5) is 4.79 Å². The number of ether oxygens (including phenoxy) is 3. The summed E-state index contributed by atoms with van der Waals surface area (Å²) in [6, 6.07) is -0.583. The van der Waals surface area contributed by atoms with Gasteiger partial charge in [0.05, 0.1) is 6.61 Å². The van der Waals surface area contributed by atoms with Crippen LogP contribution in [-0.4, -0.2) is 47.0 Å². The summed E-state index contributed by atoms with van der Waals surface area (Å²) in [6.07, 6.45) is 10.9. The molecule has 0 aliphatic carbocycles. The predicted molar refractivity (Wildman–Crippen MR) is 135 cm³/mol. The minimum absolute atomic E-state index is 0.185. The maximum Gasteiger partial charge on any atom is 0.413 e. The lowest BCUT2D eigenvalue weighted by molar-refractivity contribution is -0.146. The van der Waals surface area contributed by atoms with Gasteiger partial charge in [-0.1, -0.05) is 64.2 Å². The summed E-state index contributed by atoms with van der Waals surface area (Å²) in [5.74, 6) is 11.2. The van der Waals surface area contributed by atoms with Crippen LogP contribution in [-0.2, 0) is 19.0 Å². The zero-order valence-corrected chi connectivity index (χ0v) is 22.4. The Hall–Kier alpha value is -2.18. The second-order valence-corrected chi connectivity index (χ2v) is 10.4. The zero-order chi connectivity index (χ0) is 25.6. The highest BCUT2D eigenvalue weighted by molar-refractivity contribution is 5.70. The fraction of sp³-hybridized carbons (Fsp3) is 0.786. The molecule has 0 unspecified atom stereocenters. The third-order valence-electron chi connectivity index (χ3n) is 5.52. The van der Waals surface area contributed by atoms with Gasteiger partial charge in [0, 0.05) is 13.3 Å². The molecule has 6 nitrogen and oxygen atoms in total. The molecule has 0 spiro atoms. The quantitative estimate of drug-likeness (QED) is 0.202.